The molecule has 0 aliphatic heterocycles. The fraction of sp³-hybridized carbons (Fsp3) is 0.259. The molecule has 0 heterocycles. The second-order valence-electron chi connectivity index (χ2n) is 8.75. The van der Waals surface area contributed by atoms with Crippen molar-refractivity contribution in [1.82, 2.24) is 10.4 Å². The summed E-state index contributed by atoms with van der Waals surface area (Å²) < 4.78 is 39.3. The van der Waals surface area contributed by atoms with E-state index >= 15 is 0 Å². The fourth-order valence-electron chi connectivity index (χ4n) is 4.56. The van der Waals surface area contributed by atoms with Crippen molar-refractivity contribution in [1.29, 1.82) is 0 Å². The number of fused-ring (bicyclic) bond motifs is 1. The first-order chi connectivity index (χ1) is 17.2. The third-order valence-corrected chi connectivity index (χ3v) is 6.34. The van der Waals surface area contributed by atoms with Crippen molar-refractivity contribution >= 4 is 11.8 Å². The minimum absolute atomic E-state index is 0.124. The van der Waals surface area contributed by atoms with Gasteiger partial charge in [-0.2, -0.15) is 13.2 Å². The van der Waals surface area contributed by atoms with Gasteiger partial charge in [-0.15, -0.1) is 0 Å². The molecule has 0 bridgehead atoms. The minimum Gasteiger partial charge on any atom is -0.390 e. The van der Waals surface area contributed by atoms with Gasteiger partial charge in [0.2, 0.25) is 11.8 Å². The van der Waals surface area contributed by atoms with Gasteiger partial charge in [-0.1, -0.05) is 60.7 Å². The first-order valence-corrected chi connectivity index (χ1v) is 11.4. The van der Waals surface area contributed by atoms with Gasteiger partial charge in [-0.3, -0.25) is 14.8 Å². The number of aliphatic hydroxyl groups excluding tert-OH is 1. The monoisotopic (exact) mass is 498 g/mol. The molecule has 3 aromatic rings. The summed E-state index contributed by atoms with van der Waals surface area (Å²) in [6, 6.07) is 18.7. The largest absolute Gasteiger partial charge is 0.416 e. The van der Waals surface area contributed by atoms with E-state index in [0.717, 1.165) is 23.3 Å². The van der Waals surface area contributed by atoms with Crippen LogP contribution in [0.15, 0.2) is 72.8 Å². The number of alkyl halides is 3. The zero-order chi connectivity index (χ0) is 25.9. The van der Waals surface area contributed by atoms with Gasteiger partial charge in [0.25, 0.3) is 0 Å². The minimum atomic E-state index is -4.44. The van der Waals surface area contributed by atoms with Crippen molar-refractivity contribution in [2.75, 3.05) is 0 Å². The number of benzene rings is 3. The van der Waals surface area contributed by atoms with Crippen molar-refractivity contribution in [2.45, 2.75) is 44.1 Å². The van der Waals surface area contributed by atoms with Gasteiger partial charge >= 0.3 is 6.18 Å². The molecule has 0 unspecified atom stereocenters. The lowest BCUT2D eigenvalue weighted by atomic mass is 10.0. The van der Waals surface area contributed by atoms with Crippen LogP contribution in [0, 0.1) is 0 Å². The van der Waals surface area contributed by atoms with Gasteiger partial charge in [0.15, 0.2) is 0 Å². The van der Waals surface area contributed by atoms with Crippen LogP contribution < -0.4 is 5.48 Å². The summed E-state index contributed by atoms with van der Waals surface area (Å²) in [4.78, 5) is 26.2. The average molecular weight is 499 g/mol. The highest BCUT2D eigenvalue weighted by Gasteiger charge is 2.37. The summed E-state index contributed by atoms with van der Waals surface area (Å²) in [5, 5.41) is 19.6. The van der Waals surface area contributed by atoms with Crippen LogP contribution in [-0.2, 0) is 28.7 Å². The number of hydroxylamine groups is 1. The summed E-state index contributed by atoms with van der Waals surface area (Å²) in [6.07, 6.45) is -5.27. The standard InChI is InChI=1S/C27H25F3N2O4/c28-27(29,30)21-6-3-5-19(14-21)18-10-8-17(9-11-18)16-32(25(35)13-12-24(34)31-36)26-22-7-2-1-4-20(22)15-23(26)33/h1-11,14,23,26,33,36H,12-13,15-16H2,(H,31,34)/t23-,26+/m1/s1. The number of nitrogens with one attached hydrogen (secondary N) is 1. The van der Waals surface area contributed by atoms with Crippen LogP contribution in [0.1, 0.15) is 41.1 Å². The first-order valence-electron chi connectivity index (χ1n) is 11.4. The SMILES string of the molecule is O=C(CCC(=O)N(Cc1ccc(-c2cccc(C(F)(F)F)c2)cc1)[C@H]1c2ccccc2C[C@H]1O)NO. The smallest absolute Gasteiger partial charge is 0.390 e. The van der Waals surface area contributed by atoms with Gasteiger partial charge in [0, 0.05) is 25.8 Å². The molecule has 9 heteroatoms. The van der Waals surface area contributed by atoms with Gasteiger partial charge in [0.1, 0.15) is 0 Å². The molecule has 1 aliphatic carbocycles. The summed E-state index contributed by atoms with van der Waals surface area (Å²) in [7, 11) is 0. The first kappa shape index (κ1) is 25.4. The van der Waals surface area contributed by atoms with Gasteiger partial charge in [-0.05, 0) is 39.9 Å². The van der Waals surface area contributed by atoms with Crippen LogP contribution in [0.4, 0.5) is 13.2 Å². The number of carbonyl (C=O) groups excluding carboxylic acids is 2. The van der Waals surface area contributed by atoms with Crippen LogP contribution in [0.25, 0.3) is 11.1 Å². The number of carbonyl (C=O) groups is 2. The average Bonchev–Trinajstić information content (AvgIpc) is 3.21. The number of hydrogen-bond donors (Lipinski definition) is 3. The molecule has 2 amide bonds. The van der Waals surface area contributed by atoms with Gasteiger partial charge < -0.3 is 10.0 Å². The van der Waals surface area contributed by atoms with E-state index in [4.69, 9.17) is 5.21 Å². The number of nitrogens with zero attached hydrogens (tertiary/aromatic N) is 1. The van der Waals surface area contributed by atoms with E-state index in [1.54, 1.807) is 30.3 Å². The van der Waals surface area contributed by atoms with E-state index in [-0.39, 0.29) is 25.3 Å². The van der Waals surface area contributed by atoms with Crippen LogP contribution in [0.3, 0.4) is 0 Å². The normalized spacial score (nSPS) is 16.9. The molecule has 6 nitrogen and oxygen atoms in total. The lowest BCUT2D eigenvalue weighted by Crippen LogP contribution is -2.39. The molecule has 0 aromatic heterocycles. The lowest BCUT2D eigenvalue weighted by molar-refractivity contribution is -0.140. The number of amides is 2. The molecule has 3 N–H and O–H groups in total. The second kappa shape index (κ2) is 10.5. The maximum atomic E-state index is 13.2. The highest BCUT2D eigenvalue weighted by molar-refractivity contribution is 5.83. The molecule has 0 saturated heterocycles. The Balaban J connectivity index is 1.60. The van der Waals surface area contributed by atoms with Crippen LogP contribution >= 0.6 is 0 Å². The Morgan fingerprint density at radius 3 is 2.36 bits per heavy atom. The number of halogens is 3. The van der Waals surface area contributed by atoms with E-state index in [2.05, 4.69) is 0 Å². The molecule has 0 saturated carbocycles. The Morgan fingerprint density at radius 1 is 0.944 bits per heavy atom. The molecule has 0 fully saturated rings. The highest BCUT2D eigenvalue weighted by Crippen LogP contribution is 2.38. The quantitative estimate of drug-likeness (QED) is 0.327. The van der Waals surface area contributed by atoms with Crippen LogP contribution in [0.2, 0.25) is 0 Å². The van der Waals surface area contributed by atoms with E-state index in [1.807, 2.05) is 24.3 Å². The zero-order valence-corrected chi connectivity index (χ0v) is 19.2. The summed E-state index contributed by atoms with van der Waals surface area (Å²) in [5.41, 5.74) is 4.25. The van der Waals surface area contributed by atoms with Crippen molar-refractivity contribution in [2.24, 2.45) is 0 Å². The Morgan fingerprint density at radius 2 is 1.67 bits per heavy atom. The predicted molar refractivity (Wildman–Crippen MR) is 125 cm³/mol. The van der Waals surface area contributed by atoms with E-state index in [0.29, 0.717) is 23.1 Å². The number of rotatable bonds is 7. The van der Waals surface area contributed by atoms with Crippen LogP contribution in [0.5, 0.6) is 0 Å². The summed E-state index contributed by atoms with van der Waals surface area (Å²) >= 11 is 0. The predicted octanol–water partition coefficient (Wildman–Crippen LogP) is 4.64. The van der Waals surface area contributed by atoms with Crippen molar-refractivity contribution in [3.8, 4) is 11.1 Å². The zero-order valence-electron chi connectivity index (χ0n) is 19.2. The van der Waals surface area contributed by atoms with Crippen molar-refractivity contribution in [3.05, 3.63) is 95.1 Å². The molecule has 188 valence electrons. The molecular formula is C27H25F3N2O4. The maximum absolute atomic E-state index is 13.2. The molecule has 0 spiro atoms. The fourth-order valence-corrected chi connectivity index (χ4v) is 4.56. The van der Waals surface area contributed by atoms with E-state index in [1.165, 1.54) is 16.4 Å². The van der Waals surface area contributed by atoms with Gasteiger partial charge in [0.05, 0.1) is 17.7 Å². The third kappa shape index (κ3) is 5.58. The Bertz CT molecular complexity index is 1240. The summed E-state index contributed by atoms with van der Waals surface area (Å²) in [6.45, 7) is 0.124. The maximum Gasteiger partial charge on any atom is 0.416 e. The molecule has 3 aromatic carbocycles. The molecule has 4 rings (SSSR count). The van der Waals surface area contributed by atoms with Crippen LogP contribution in [-0.4, -0.2) is 33.1 Å². The lowest BCUT2D eigenvalue weighted by Gasteiger charge is -2.32. The Hall–Kier alpha value is -3.69. The number of aliphatic hydroxyl groups is 1. The third-order valence-electron chi connectivity index (χ3n) is 6.34. The number of hydrogen-bond acceptors (Lipinski definition) is 4. The topological polar surface area (TPSA) is 89.9 Å². The highest BCUT2D eigenvalue weighted by atomic mass is 19.4. The molecule has 1 aliphatic rings. The molecular weight excluding hydrogens is 473 g/mol. The van der Waals surface area contributed by atoms with Gasteiger partial charge in [-0.25, -0.2) is 5.48 Å². The second-order valence-corrected chi connectivity index (χ2v) is 8.75. The van der Waals surface area contributed by atoms with E-state index in [9.17, 15) is 27.9 Å². The molecule has 36 heavy (non-hydrogen) atoms. The molecule has 2 atom stereocenters. The Labute approximate surface area is 205 Å². The van der Waals surface area contributed by atoms with Crippen molar-refractivity contribution in [3.63, 3.8) is 0 Å². The summed E-state index contributed by atoms with van der Waals surface area (Å²) in [5.74, 6) is -1.07. The van der Waals surface area contributed by atoms with E-state index < -0.39 is 29.8 Å². The molecule has 0 radical (unpaired) electrons. The Kier molecular flexibility index (Phi) is 7.42. The van der Waals surface area contributed by atoms with Crippen molar-refractivity contribution < 1.29 is 33.1 Å².